The van der Waals surface area contributed by atoms with Gasteiger partial charge in [0.2, 0.25) is 0 Å². The Morgan fingerprint density at radius 3 is 2.06 bits per heavy atom. The van der Waals surface area contributed by atoms with Gasteiger partial charge in [-0.05, 0) is 23.5 Å². The molecular weight excluding hydrogens is 237 g/mol. The van der Waals surface area contributed by atoms with Crippen molar-refractivity contribution in [1.29, 1.82) is 0 Å². The Balaban J connectivity index is 3.36. The lowest BCUT2D eigenvalue weighted by atomic mass is 9.81. The van der Waals surface area contributed by atoms with Crippen molar-refractivity contribution in [1.82, 2.24) is 0 Å². The van der Waals surface area contributed by atoms with Crippen LogP contribution in [0.4, 0.5) is 13.2 Å². The molecule has 0 amide bonds. The monoisotopic (exact) mass is 250 g/mol. The smallest absolute Gasteiger partial charge is 0.166 e. The molecular formula is C12H14ClF3. The fourth-order valence-corrected chi connectivity index (χ4v) is 1.95. The van der Waals surface area contributed by atoms with Crippen LogP contribution in [-0.4, -0.2) is 0 Å². The van der Waals surface area contributed by atoms with Crippen LogP contribution in [0.2, 0.25) is 5.02 Å². The lowest BCUT2D eigenvalue weighted by Gasteiger charge is -2.26. The van der Waals surface area contributed by atoms with Crippen LogP contribution >= 0.6 is 11.6 Å². The number of halogens is 4. The summed E-state index contributed by atoms with van der Waals surface area (Å²) in [6.45, 7) is 5.69. The molecule has 90 valence electrons. The molecule has 0 bridgehead atoms. The zero-order valence-corrected chi connectivity index (χ0v) is 10.2. The molecule has 1 aromatic carbocycles. The molecule has 0 N–H and O–H groups in total. The SMILES string of the molecule is CCC(C)(C)c1cccc(C(F)(F)F)c1Cl. The van der Waals surface area contributed by atoms with E-state index in [2.05, 4.69) is 0 Å². The zero-order valence-electron chi connectivity index (χ0n) is 9.45. The minimum absolute atomic E-state index is 0.179. The summed E-state index contributed by atoms with van der Waals surface area (Å²) >= 11 is 5.84. The Bertz CT molecular complexity index is 380. The molecule has 0 unspecified atom stereocenters. The highest BCUT2D eigenvalue weighted by Gasteiger charge is 2.35. The third kappa shape index (κ3) is 2.51. The number of alkyl halides is 3. The Labute approximate surface area is 98.4 Å². The largest absolute Gasteiger partial charge is 0.417 e. The minimum atomic E-state index is -4.39. The van der Waals surface area contributed by atoms with Crippen molar-refractivity contribution in [2.75, 3.05) is 0 Å². The summed E-state index contributed by atoms with van der Waals surface area (Å²) in [5.41, 5.74) is -0.557. The van der Waals surface area contributed by atoms with E-state index >= 15 is 0 Å². The number of rotatable bonds is 2. The van der Waals surface area contributed by atoms with E-state index in [9.17, 15) is 13.2 Å². The van der Waals surface area contributed by atoms with Crippen molar-refractivity contribution >= 4 is 11.6 Å². The van der Waals surface area contributed by atoms with E-state index in [0.29, 0.717) is 5.56 Å². The highest BCUT2D eigenvalue weighted by atomic mass is 35.5. The first-order valence-electron chi connectivity index (χ1n) is 5.06. The molecule has 0 nitrogen and oxygen atoms in total. The van der Waals surface area contributed by atoms with Crippen LogP contribution in [0, 0.1) is 0 Å². The lowest BCUT2D eigenvalue weighted by molar-refractivity contribution is -0.137. The molecule has 16 heavy (non-hydrogen) atoms. The molecule has 1 rings (SSSR count). The van der Waals surface area contributed by atoms with Gasteiger partial charge in [0.1, 0.15) is 0 Å². The molecule has 0 spiro atoms. The molecule has 4 heteroatoms. The summed E-state index contributed by atoms with van der Waals surface area (Å²) in [6.07, 6.45) is -3.66. The maximum atomic E-state index is 12.6. The normalized spacial score (nSPS) is 12.9. The molecule has 0 heterocycles. The van der Waals surface area contributed by atoms with Crippen molar-refractivity contribution in [3.05, 3.63) is 34.3 Å². The van der Waals surface area contributed by atoms with Crippen LogP contribution in [0.15, 0.2) is 18.2 Å². The topological polar surface area (TPSA) is 0 Å². The van der Waals surface area contributed by atoms with Gasteiger partial charge >= 0.3 is 6.18 Å². The predicted octanol–water partition coefficient (Wildman–Crippen LogP) is 5.05. The van der Waals surface area contributed by atoms with Crippen LogP contribution in [0.1, 0.15) is 38.3 Å². The van der Waals surface area contributed by atoms with Crippen molar-refractivity contribution in [2.45, 2.75) is 38.8 Å². The summed E-state index contributed by atoms with van der Waals surface area (Å²) in [5.74, 6) is 0. The molecule has 0 radical (unpaired) electrons. The van der Waals surface area contributed by atoms with Gasteiger partial charge in [0.05, 0.1) is 10.6 Å². The standard InChI is InChI=1S/C12H14ClF3/c1-4-11(2,3)8-6-5-7-9(10(8)13)12(14,15)16/h5-7H,4H2,1-3H3. The van der Waals surface area contributed by atoms with Gasteiger partial charge < -0.3 is 0 Å². The maximum absolute atomic E-state index is 12.6. The summed E-state index contributed by atoms with van der Waals surface area (Å²) in [7, 11) is 0. The third-order valence-corrected chi connectivity index (χ3v) is 3.32. The first-order chi connectivity index (χ1) is 7.20. The average molecular weight is 251 g/mol. The van der Waals surface area contributed by atoms with Gasteiger partial charge in [-0.3, -0.25) is 0 Å². The molecule has 0 saturated carbocycles. The van der Waals surface area contributed by atoms with Gasteiger partial charge in [-0.2, -0.15) is 13.2 Å². The summed E-state index contributed by atoms with van der Waals surface area (Å²) in [5, 5.41) is -0.179. The van der Waals surface area contributed by atoms with Crippen LogP contribution in [0.5, 0.6) is 0 Å². The van der Waals surface area contributed by atoms with Crippen molar-refractivity contribution in [3.8, 4) is 0 Å². The quantitative estimate of drug-likeness (QED) is 0.689. The van der Waals surface area contributed by atoms with E-state index in [1.807, 2.05) is 20.8 Å². The summed E-state index contributed by atoms with van der Waals surface area (Å²) in [6, 6.07) is 4.07. The molecule has 0 saturated heterocycles. The second kappa shape index (κ2) is 4.28. The van der Waals surface area contributed by atoms with Gasteiger partial charge in [-0.25, -0.2) is 0 Å². The molecule has 0 atom stereocenters. The van der Waals surface area contributed by atoms with Crippen LogP contribution in [0.25, 0.3) is 0 Å². The Hall–Kier alpha value is -0.700. The van der Waals surface area contributed by atoms with Gasteiger partial charge in [0, 0.05) is 0 Å². The maximum Gasteiger partial charge on any atom is 0.417 e. The first-order valence-corrected chi connectivity index (χ1v) is 5.44. The number of hydrogen-bond donors (Lipinski definition) is 0. The molecule has 0 aromatic heterocycles. The van der Waals surface area contributed by atoms with Crippen molar-refractivity contribution in [3.63, 3.8) is 0 Å². The second-order valence-electron chi connectivity index (χ2n) is 4.40. The van der Waals surface area contributed by atoms with E-state index in [-0.39, 0.29) is 10.4 Å². The van der Waals surface area contributed by atoms with Gasteiger partial charge in [0.25, 0.3) is 0 Å². The fraction of sp³-hybridized carbons (Fsp3) is 0.500. The van der Waals surface area contributed by atoms with Crippen LogP contribution in [-0.2, 0) is 11.6 Å². The highest BCUT2D eigenvalue weighted by Crippen LogP contribution is 2.40. The molecule has 1 aromatic rings. The molecule has 0 aliphatic heterocycles. The van der Waals surface area contributed by atoms with Gasteiger partial charge in [-0.15, -0.1) is 0 Å². The van der Waals surface area contributed by atoms with E-state index in [4.69, 9.17) is 11.6 Å². The van der Waals surface area contributed by atoms with Gasteiger partial charge in [0.15, 0.2) is 0 Å². The molecule has 0 aliphatic carbocycles. The Kier molecular flexibility index (Phi) is 3.58. The number of hydrogen-bond acceptors (Lipinski definition) is 0. The third-order valence-electron chi connectivity index (χ3n) is 2.92. The fourth-order valence-electron chi connectivity index (χ4n) is 1.46. The van der Waals surface area contributed by atoms with Crippen LogP contribution in [0.3, 0.4) is 0 Å². The molecule has 0 aliphatic rings. The lowest BCUT2D eigenvalue weighted by Crippen LogP contribution is -2.18. The summed E-state index contributed by atoms with van der Waals surface area (Å²) < 4.78 is 37.9. The van der Waals surface area contributed by atoms with Crippen LogP contribution < -0.4 is 0 Å². The van der Waals surface area contributed by atoms with E-state index in [0.717, 1.165) is 12.5 Å². The first kappa shape index (κ1) is 13.4. The Morgan fingerprint density at radius 1 is 1.12 bits per heavy atom. The van der Waals surface area contributed by atoms with E-state index in [1.54, 1.807) is 6.07 Å². The highest BCUT2D eigenvalue weighted by molar-refractivity contribution is 6.32. The second-order valence-corrected chi connectivity index (χ2v) is 4.78. The van der Waals surface area contributed by atoms with Crippen molar-refractivity contribution in [2.24, 2.45) is 0 Å². The zero-order chi connectivity index (χ0) is 12.6. The van der Waals surface area contributed by atoms with E-state index in [1.165, 1.54) is 6.07 Å². The Morgan fingerprint density at radius 2 is 1.62 bits per heavy atom. The summed E-state index contributed by atoms with van der Waals surface area (Å²) in [4.78, 5) is 0. The number of benzene rings is 1. The van der Waals surface area contributed by atoms with E-state index < -0.39 is 11.7 Å². The van der Waals surface area contributed by atoms with Gasteiger partial charge in [-0.1, -0.05) is 44.5 Å². The van der Waals surface area contributed by atoms with Crippen molar-refractivity contribution < 1.29 is 13.2 Å². The average Bonchev–Trinajstić information content (AvgIpc) is 2.16. The predicted molar refractivity (Wildman–Crippen MR) is 59.8 cm³/mol. The minimum Gasteiger partial charge on any atom is -0.166 e. The molecule has 0 fully saturated rings.